The summed E-state index contributed by atoms with van der Waals surface area (Å²) in [5.41, 5.74) is 0.586. The van der Waals surface area contributed by atoms with E-state index in [4.69, 9.17) is 9.84 Å². The molecule has 2 N–H and O–H groups in total. The second kappa shape index (κ2) is 9.76. The highest BCUT2D eigenvalue weighted by atomic mass is 79.9. The Morgan fingerprint density at radius 1 is 1.23 bits per heavy atom. The van der Waals surface area contributed by atoms with Crippen molar-refractivity contribution < 1.29 is 27.4 Å². The molecule has 1 aliphatic rings. The topological polar surface area (TPSA) is 95.9 Å². The van der Waals surface area contributed by atoms with Gasteiger partial charge >= 0.3 is 6.09 Å². The number of sulfonamides is 1. The summed E-state index contributed by atoms with van der Waals surface area (Å²) in [6, 6.07) is 11.9. The summed E-state index contributed by atoms with van der Waals surface area (Å²) >= 11 is 3.26. The van der Waals surface area contributed by atoms with Gasteiger partial charge in [-0.15, -0.1) is 0 Å². The summed E-state index contributed by atoms with van der Waals surface area (Å²) in [6.07, 6.45) is -0.520. The Hall–Kier alpha value is -2.17. The van der Waals surface area contributed by atoms with Gasteiger partial charge < -0.3 is 15.2 Å². The highest BCUT2D eigenvalue weighted by Gasteiger charge is 2.32. The smallest absolute Gasteiger partial charge is 0.405 e. The molecule has 0 spiro atoms. The van der Waals surface area contributed by atoms with Crippen molar-refractivity contribution in [2.24, 2.45) is 0 Å². The molecular weight excluding hydrogens is 479 g/mol. The molecule has 1 saturated heterocycles. The van der Waals surface area contributed by atoms with Gasteiger partial charge in [0, 0.05) is 13.1 Å². The molecule has 0 aliphatic carbocycles. The van der Waals surface area contributed by atoms with Crippen LogP contribution in [0.3, 0.4) is 0 Å². The van der Waals surface area contributed by atoms with E-state index in [0.29, 0.717) is 28.6 Å². The lowest BCUT2D eigenvalue weighted by molar-refractivity contribution is 0.134. The second-order valence-corrected chi connectivity index (χ2v) is 9.85. The van der Waals surface area contributed by atoms with E-state index in [-0.39, 0.29) is 30.8 Å². The molecular formula is C20H22BrFN2O5S. The van der Waals surface area contributed by atoms with Crippen LogP contribution in [0.1, 0.15) is 24.4 Å². The maximum atomic E-state index is 13.2. The average Bonchev–Trinajstić information content (AvgIpc) is 2.70. The standard InChI is InChI=1S/C20H22BrFN2O5S/c21-17-12-15(22)6-7-19(17)29-16-8-10-24(11-9-16)30(27,28)13-18(23-20(25)26)14-4-2-1-3-5-14/h1-7,12,16,18,23H,8-11,13H2,(H,25,26)/t18-/m0/s1. The van der Waals surface area contributed by atoms with Crippen molar-refractivity contribution in [2.45, 2.75) is 25.0 Å². The molecule has 3 rings (SSSR count). The fourth-order valence-electron chi connectivity index (χ4n) is 3.35. The maximum Gasteiger partial charge on any atom is 0.405 e. The van der Waals surface area contributed by atoms with Gasteiger partial charge in [0.25, 0.3) is 0 Å². The molecule has 7 nitrogen and oxygen atoms in total. The van der Waals surface area contributed by atoms with Gasteiger partial charge in [-0.3, -0.25) is 0 Å². The zero-order chi connectivity index (χ0) is 21.7. The third kappa shape index (κ3) is 5.93. The molecule has 10 heteroatoms. The lowest BCUT2D eigenvalue weighted by Crippen LogP contribution is -2.45. The first-order valence-electron chi connectivity index (χ1n) is 9.38. The number of halogens is 2. The lowest BCUT2D eigenvalue weighted by Gasteiger charge is -2.32. The SMILES string of the molecule is O=C(O)N[C@@H](CS(=O)(=O)N1CCC(Oc2ccc(F)cc2Br)CC1)c1ccccc1. The number of ether oxygens (including phenoxy) is 1. The number of nitrogens with one attached hydrogen (secondary N) is 1. The first-order valence-corrected chi connectivity index (χ1v) is 11.8. The van der Waals surface area contributed by atoms with Gasteiger partial charge in [0.15, 0.2) is 0 Å². The van der Waals surface area contributed by atoms with Crippen LogP contribution >= 0.6 is 15.9 Å². The third-order valence-electron chi connectivity index (χ3n) is 4.86. The molecule has 162 valence electrons. The van der Waals surface area contributed by atoms with Crippen molar-refractivity contribution >= 4 is 32.0 Å². The van der Waals surface area contributed by atoms with E-state index in [0.717, 1.165) is 0 Å². The fourth-order valence-corrected chi connectivity index (χ4v) is 5.47. The van der Waals surface area contributed by atoms with E-state index in [2.05, 4.69) is 21.2 Å². The van der Waals surface area contributed by atoms with Crippen LogP contribution < -0.4 is 10.1 Å². The molecule has 1 amide bonds. The van der Waals surface area contributed by atoms with Crippen molar-refractivity contribution in [1.82, 2.24) is 9.62 Å². The normalized spacial score (nSPS) is 16.7. The minimum absolute atomic E-state index is 0.194. The Balaban J connectivity index is 1.62. The molecule has 1 aliphatic heterocycles. The molecule has 0 unspecified atom stereocenters. The van der Waals surface area contributed by atoms with E-state index in [1.807, 2.05) is 0 Å². The Bertz CT molecular complexity index is 982. The molecule has 1 atom stereocenters. The Morgan fingerprint density at radius 3 is 2.50 bits per heavy atom. The van der Waals surface area contributed by atoms with Crippen LogP contribution in [-0.4, -0.2) is 48.9 Å². The van der Waals surface area contributed by atoms with Gasteiger partial charge in [-0.25, -0.2) is 21.9 Å². The molecule has 0 aromatic heterocycles. The van der Waals surface area contributed by atoms with Crippen LogP contribution in [0.5, 0.6) is 5.75 Å². The number of rotatable bonds is 7. The van der Waals surface area contributed by atoms with Gasteiger partial charge in [0.2, 0.25) is 10.0 Å². The van der Waals surface area contributed by atoms with Crippen LogP contribution in [-0.2, 0) is 10.0 Å². The van der Waals surface area contributed by atoms with E-state index in [9.17, 15) is 17.6 Å². The highest BCUT2D eigenvalue weighted by molar-refractivity contribution is 9.10. The van der Waals surface area contributed by atoms with Gasteiger partial charge in [0.05, 0.1) is 16.3 Å². The molecule has 0 radical (unpaired) electrons. The van der Waals surface area contributed by atoms with E-state index < -0.39 is 22.2 Å². The first-order chi connectivity index (χ1) is 14.2. The second-order valence-electron chi connectivity index (χ2n) is 6.98. The summed E-state index contributed by atoms with van der Waals surface area (Å²) in [6.45, 7) is 0.529. The Labute approximate surface area is 183 Å². The minimum atomic E-state index is -3.69. The van der Waals surface area contributed by atoms with Crippen LogP contribution in [0, 0.1) is 5.82 Å². The van der Waals surface area contributed by atoms with E-state index in [1.54, 1.807) is 30.3 Å². The highest BCUT2D eigenvalue weighted by Crippen LogP contribution is 2.29. The van der Waals surface area contributed by atoms with Crippen molar-refractivity contribution in [3.63, 3.8) is 0 Å². The number of amides is 1. The molecule has 2 aromatic carbocycles. The van der Waals surface area contributed by atoms with Gasteiger partial charge in [-0.05, 0) is 52.5 Å². The number of piperidine rings is 1. The first kappa shape index (κ1) is 22.5. The van der Waals surface area contributed by atoms with E-state index in [1.165, 1.54) is 22.5 Å². The van der Waals surface area contributed by atoms with Crippen molar-refractivity contribution in [3.05, 3.63) is 64.4 Å². The minimum Gasteiger partial charge on any atom is -0.489 e. The Kier molecular flexibility index (Phi) is 7.32. The van der Waals surface area contributed by atoms with Gasteiger partial charge in [0.1, 0.15) is 17.7 Å². The predicted molar refractivity (Wildman–Crippen MR) is 113 cm³/mol. The van der Waals surface area contributed by atoms with Gasteiger partial charge in [-0.1, -0.05) is 30.3 Å². The number of carbonyl (C=O) groups is 1. The summed E-state index contributed by atoms with van der Waals surface area (Å²) in [4.78, 5) is 11.1. The van der Waals surface area contributed by atoms with Crippen LogP contribution in [0.25, 0.3) is 0 Å². The maximum absolute atomic E-state index is 13.2. The van der Waals surface area contributed by atoms with Crippen molar-refractivity contribution in [1.29, 1.82) is 0 Å². The number of hydrogen-bond acceptors (Lipinski definition) is 4. The molecule has 1 fully saturated rings. The van der Waals surface area contributed by atoms with Crippen LogP contribution in [0.2, 0.25) is 0 Å². The van der Waals surface area contributed by atoms with Crippen molar-refractivity contribution in [3.8, 4) is 5.75 Å². The third-order valence-corrected chi connectivity index (χ3v) is 7.39. The molecule has 0 bridgehead atoms. The number of benzene rings is 2. The van der Waals surface area contributed by atoms with Crippen LogP contribution in [0.4, 0.5) is 9.18 Å². The number of nitrogens with zero attached hydrogens (tertiary/aromatic N) is 1. The zero-order valence-corrected chi connectivity index (χ0v) is 18.4. The quantitative estimate of drug-likeness (QED) is 0.603. The van der Waals surface area contributed by atoms with Crippen molar-refractivity contribution in [2.75, 3.05) is 18.8 Å². The molecule has 2 aromatic rings. The summed E-state index contributed by atoms with van der Waals surface area (Å²) in [5.74, 6) is -0.233. The number of hydrogen-bond donors (Lipinski definition) is 2. The molecule has 0 saturated carbocycles. The lowest BCUT2D eigenvalue weighted by atomic mass is 10.1. The van der Waals surface area contributed by atoms with E-state index >= 15 is 0 Å². The molecule has 30 heavy (non-hydrogen) atoms. The fraction of sp³-hybridized carbons (Fsp3) is 0.350. The van der Waals surface area contributed by atoms with Crippen LogP contribution in [0.15, 0.2) is 53.0 Å². The molecule has 1 heterocycles. The zero-order valence-electron chi connectivity index (χ0n) is 16.0. The van der Waals surface area contributed by atoms with Gasteiger partial charge in [-0.2, -0.15) is 0 Å². The predicted octanol–water partition coefficient (Wildman–Crippen LogP) is 3.77. The monoisotopic (exact) mass is 500 g/mol. The summed E-state index contributed by atoms with van der Waals surface area (Å²) in [5, 5.41) is 11.4. The summed E-state index contributed by atoms with van der Waals surface area (Å²) < 4.78 is 46.8. The Morgan fingerprint density at radius 2 is 1.90 bits per heavy atom. The average molecular weight is 501 g/mol. The number of carboxylic acid groups (broad SMARTS) is 1. The summed E-state index contributed by atoms with van der Waals surface area (Å²) in [7, 11) is -3.69. The largest absolute Gasteiger partial charge is 0.489 e.